The van der Waals surface area contributed by atoms with Gasteiger partial charge in [-0.15, -0.1) is 0 Å². The van der Waals surface area contributed by atoms with Gasteiger partial charge in [-0.05, 0) is 44.9 Å². The van der Waals surface area contributed by atoms with E-state index in [4.69, 9.17) is 4.74 Å². The lowest BCUT2D eigenvalue weighted by atomic mass is 9.88. The van der Waals surface area contributed by atoms with Crippen molar-refractivity contribution in [3.8, 4) is 0 Å². The highest BCUT2D eigenvalue weighted by Crippen LogP contribution is 2.48. The molecule has 114 valence electrons. The summed E-state index contributed by atoms with van der Waals surface area (Å²) < 4.78 is 5.05. The van der Waals surface area contributed by atoms with E-state index in [-0.39, 0.29) is 17.8 Å². The molecule has 5 heteroatoms. The van der Waals surface area contributed by atoms with Gasteiger partial charge in [-0.3, -0.25) is 4.79 Å². The Morgan fingerprint density at radius 2 is 2.19 bits per heavy atom. The SMILES string of the molecule is CCOC(=O)c1c(NC(=O)C2CC3CCC2C3)c[nH]c1C. The van der Waals surface area contributed by atoms with Crippen LogP contribution in [0.2, 0.25) is 0 Å². The molecule has 0 aromatic carbocycles. The van der Waals surface area contributed by atoms with Gasteiger partial charge in [-0.25, -0.2) is 4.79 Å². The van der Waals surface area contributed by atoms with E-state index >= 15 is 0 Å². The molecule has 21 heavy (non-hydrogen) atoms. The zero-order valence-electron chi connectivity index (χ0n) is 12.6. The van der Waals surface area contributed by atoms with Crippen molar-refractivity contribution in [2.24, 2.45) is 17.8 Å². The summed E-state index contributed by atoms with van der Waals surface area (Å²) in [5.74, 6) is 1.02. The van der Waals surface area contributed by atoms with Crippen LogP contribution < -0.4 is 5.32 Å². The molecule has 2 bridgehead atoms. The van der Waals surface area contributed by atoms with E-state index in [2.05, 4.69) is 10.3 Å². The van der Waals surface area contributed by atoms with Crippen LogP contribution in [-0.2, 0) is 9.53 Å². The third-order valence-corrected chi connectivity index (χ3v) is 4.89. The molecule has 2 N–H and O–H groups in total. The first kappa shape index (κ1) is 14.2. The number of carbonyl (C=O) groups is 2. The van der Waals surface area contributed by atoms with Crippen molar-refractivity contribution in [1.82, 2.24) is 4.98 Å². The Hall–Kier alpha value is -1.78. The van der Waals surface area contributed by atoms with Crippen molar-refractivity contribution < 1.29 is 14.3 Å². The molecular formula is C16H22N2O3. The van der Waals surface area contributed by atoms with Crippen LogP contribution in [0.3, 0.4) is 0 Å². The molecule has 1 aromatic rings. The summed E-state index contributed by atoms with van der Waals surface area (Å²) in [6.45, 7) is 3.90. The van der Waals surface area contributed by atoms with E-state index in [0.717, 1.165) is 18.0 Å². The minimum Gasteiger partial charge on any atom is -0.462 e. The van der Waals surface area contributed by atoms with Crippen molar-refractivity contribution in [3.63, 3.8) is 0 Å². The molecule has 0 saturated heterocycles. The quantitative estimate of drug-likeness (QED) is 0.838. The van der Waals surface area contributed by atoms with Gasteiger partial charge in [0.05, 0.1) is 12.3 Å². The highest BCUT2D eigenvalue weighted by atomic mass is 16.5. The fraction of sp³-hybridized carbons (Fsp3) is 0.625. The average Bonchev–Trinajstić information content (AvgIpc) is 3.14. The number of carbonyl (C=O) groups excluding carboxylic acids is 2. The molecule has 1 aromatic heterocycles. The molecule has 3 rings (SSSR count). The summed E-state index contributed by atoms with van der Waals surface area (Å²) in [6, 6.07) is 0. The first-order valence-corrected chi connectivity index (χ1v) is 7.76. The summed E-state index contributed by atoms with van der Waals surface area (Å²) >= 11 is 0. The third kappa shape index (κ3) is 2.57. The number of nitrogens with one attached hydrogen (secondary N) is 2. The van der Waals surface area contributed by atoms with E-state index < -0.39 is 0 Å². The molecule has 0 aliphatic heterocycles. The first-order valence-electron chi connectivity index (χ1n) is 7.76. The summed E-state index contributed by atoms with van der Waals surface area (Å²) in [7, 11) is 0. The van der Waals surface area contributed by atoms with Crippen LogP contribution in [0.5, 0.6) is 0 Å². The summed E-state index contributed by atoms with van der Waals surface area (Å²) in [5, 5.41) is 2.93. The number of amides is 1. The van der Waals surface area contributed by atoms with Gasteiger partial charge in [0, 0.05) is 17.8 Å². The standard InChI is InChI=1S/C16H22N2O3/c1-3-21-16(20)14-9(2)17-8-13(14)18-15(19)12-7-10-4-5-11(12)6-10/h8,10-12,17H,3-7H2,1-2H3,(H,18,19). The van der Waals surface area contributed by atoms with E-state index in [1.165, 1.54) is 19.3 Å². The molecule has 0 radical (unpaired) electrons. The van der Waals surface area contributed by atoms with Crippen LogP contribution in [0.25, 0.3) is 0 Å². The fourth-order valence-electron chi connectivity index (χ4n) is 3.88. The van der Waals surface area contributed by atoms with E-state index in [0.29, 0.717) is 23.8 Å². The molecule has 2 saturated carbocycles. The normalized spacial score (nSPS) is 26.9. The molecule has 1 amide bonds. The molecule has 2 aliphatic rings. The number of aromatic nitrogens is 1. The van der Waals surface area contributed by atoms with E-state index in [1.54, 1.807) is 20.0 Å². The van der Waals surface area contributed by atoms with Crippen LogP contribution in [-0.4, -0.2) is 23.5 Å². The van der Waals surface area contributed by atoms with Crippen LogP contribution in [0.4, 0.5) is 5.69 Å². The number of fused-ring (bicyclic) bond motifs is 2. The van der Waals surface area contributed by atoms with Gasteiger partial charge in [0.2, 0.25) is 5.91 Å². The third-order valence-electron chi connectivity index (χ3n) is 4.89. The number of rotatable bonds is 4. The lowest BCUT2D eigenvalue weighted by molar-refractivity contribution is -0.121. The molecule has 1 heterocycles. The van der Waals surface area contributed by atoms with Gasteiger partial charge in [0.15, 0.2) is 0 Å². The highest BCUT2D eigenvalue weighted by Gasteiger charge is 2.43. The maximum atomic E-state index is 12.5. The number of hydrogen-bond donors (Lipinski definition) is 2. The van der Waals surface area contributed by atoms with Gasteiger partial charge in [0.25, 0.3) is 0 Å². The Balaban J connectivity index is 1.73. The Morgan fingerprint density at radius 1 is 1.38 bits per heavy atom. The minimum atomic E-state index is -0.389. The maximum absolute atomic E-state index is 12.5. The van der Waals surface area contributed by atoms with Gasteiger partial charge in [0.1, 0.15) is 5.56 Å². The fourth-order valence-corrected chi connectivity index (χ4v) is 3.88. The van der Waals surface area contributed by atoms with Crippen molar-refractivity contribution >= 4 is 17.6 Å². The number of aromatic amines is 1. The Bertz CT molecular complexity index is 564. The number of hydrogen-bond acceptors (Lipinski definition) is 3. The van der Waals surface area contributed by atoms with Crippen molar-refractivity contribution in [3.05, 3.63) is 17.5 Å². The maximum Gasteiger partial charge on any atom is 0.342 e. The van der Waals surface area contributed by atoms with Gasteiger partial charge in [-0.1, -0.05) is 6.42 Å². The van der Waals surface area contributed by atoms with Gasteiger partial charge < -0.3 is 15.0 Å². The summed E-state index contributed by atoms with van der Waals surface area (Å²) in [5.41, 5.74) is 1.70. The Kier molecular flexibility index (Phi) is 3.74. The summed E-state index contributed by atoms with van der Waals surface area (Å²) in [4.78, 5) is 27.4. The second-order valence-corrected chi connectivity index (χ2v) is 6.19. The minimum absolute atomic E-state index is 0.0479. The topological polar surface area (TPSA) is 71.2 Å². The smallest absolute Gasteiger partial charge is 0.342 e. The zero-order valence-corrected chi connectivity index (χ0v) is 12.6. The number of ether oxygens (including phenoxy) is 1. The van der Waals surface area contributed by atoms with Crippen molar-refractivity contribution in [2.75, 3.05) is 11.9 Å². The molecule has 5 nitrogen and oxygen atoms in total. The number of esters is 1. The van der Waals surface area contributed by atoms with Crippen molar-refractivity contribution in [1.29, 1.82) is 0 Å². The summed E-state index contributed by atoms with van der Waals surface area (Å²) in [6.07, 6.45) is 6.29. The largest absolute Gasteiger partial charge is 0.462 e. The highest BCUT2D eigenvalue weighted by molar-refractivity contribution is 6.03. The van der Waals surface area contributed by atoms with Gasteiger partial charge >= 0.3 is 5.97 Å². The molecule has 3 atom stereocenters. The van der Waals surface area contributed by atoms with E-state index in [9.17, 15) is 9.59 Å². The number of aryl methyl sites for hydroxylation is 1. The molecular weight excluding hydrogens is 268 g/mol. The predicted octanol–water partition coefficient (Wildman–Crippen LogP) is 2.87. The molecule has 2 aliphatic carbocycles. The van der Waals surface area contributed by atoms with E-state index in [1.807, 2.05) is 0 Å². The molecule has 0 spiro atoms. The number of anilines is 1. The molecule has 2 fully saturated rings. The second kappa shape index (κ2) is 5.54. The lowest BCUT2D eigenvalue weighted by Crippen LogP contribution is -2.27. The first-order chi connectivity index (χ1) is 10.1. The number of H-pyrrole nitrogens is 1. The van der Waals surface area contributed by atoms with Crippen LogP contribution in [0.15, 0.2) is 6.20 Å². The Morgan fingerprint density at radius 3 is 2.81 bits per heavy atom. The van der Waals surface area contributed by atoms with Crippen LogP contribution in [0.1, 0.15) is 48.7 Å². The molecule has 3 unspecified atom stereocenters. The lowest BCUT2D eigenvalue weighted by Gasteiger charge is -2.20. The monoisotopic (exact) mass is 290 g/mol. The predicted molar refractivity (Wildman–Crippen MR) is 79.1 cm³/mol. The van der Waals surface area contributed by atoms with Crippen LogP contribution in [0, 0.1) is 24.7 Å². The average molecular weight is 290 g/mol. The van der Waals surface area contributed by atoms with Gasteiger partial charge in [-0.2, -0.15) is 0 Å². The van der Waals surface area contributed by atoms with Crippen molar-refractivity contribution in [2.45, 2.75) is 39.5 Å². The van der Waals surface area contributed by atoms with Crippen LogP contribution >= 0.6 is 0 Å². The second-order valence-electron chi connectivity index (χ2n) is 6.19. The zero-order chi connectivity index (χ0) is 15.0. The Labute approximate surface area is 124 Å².